The Bertz CT molecular complexity index is 911. The largest absolute Gasteiger partial charge is 0.377 e. The highest BCUT2D eigenvalue weighted by atomic mass is 79.9. The van der Waals surface area contributed by atoms with Gasteiger partial charge in [0, 0.05) is 23.5 Å². The zero-order valence-corrected chi connectivity index (χ0v) is 18.6. The predicted molar refractivity (Wildman–Crippen MR) is 122 cm³/mol. The van der Waals surface area contributed by atoms with Crippen LogP contribution < -0.4 is 9.80 Å². The van der Waals surface area contributed by atoms with Crippen molar-refractivity contribution in [2.24, 2.45) is 0 Å². The van der Waals surface area contributed by atoms with Gasteiger partial charge < -0.3 is 4.90 Å². The van der Waals surface area contributed by atoms with Crippen molar-refractivity contribution in [2.45, 2.75) is 4.90 Å². The van der Waals surface area contributed by atoms with Crippen molar-refractivity contribution in [1.29, 1.82) is 0 Å². The lowest BCUT2D eigenvalue weighted by atomic mass is 10.2. The second kappa shape index (κ2) is 8.17. The molecule has 1 saturated heterocycles. The fourth-order valence-corrected chi connectivity index (χ4v) is 5.07. The molecule has 1 heterocycles. The Balaban J connectivity index is 1.91. The fraction of sp³-hybridized carbons (Fsp3) is 0.158. The molecule has 0 spiro atoms. The Labute approximate surface area is 176 Å². The molecule has 0 unspecified atom stereocenters. The van der Waals surface area contributed by atoms with E-state index >= 15 is 0 Å². The zero-order chi connectivity index (χ0) is 18.8. The zero-order valence-electron chi connectivity index (χ0n) is 14.5. The van der Waals surface area contributed by atoms with E-state index in [4.69, 9.17) is 12.2 Å². The summed E-state index contributed by atoms with van der Waals surface area (Å²) >= 11 is 12.0. The van der Waals surface area contributed by atoms with Gasteiger partial charge in [-0.2, -0.15) is 0 Å². The van der Waals surface area contributed by atoms with Crippen LogP contribution in [0.2, 0.25) is 0 Å². The molecule has 0 atom stereocenters. The van der Waals surface area contributed by atoms with Gasteiger partial charge in [0.2, 0.25) is 0 Å². The van der Waals surface area contributed by atoms with Crippen molar-refractivity contribution in [2.75, 3.05) is 30.2 Å². The van der Waals surface area contributed by atoms with E-state index < -0.39 is 0 Å². The van der Waals surface area contributed by atoms with Gasteiger partial charge in [0.1, 0.15) is 0 Å². The van der Waals surface area contributed by atoms with Gasteiger partial charge in [-0.05, 0) is 64.2 Å². The molecule has 26 heavy (non-hydrogen) atoms. The van der Waals surface area contributed by atoms with Crippen LogP contribution >= 0.6 is 51.7 Å². The number of benzene rings is 2. The molecule has 0 aromatic heterocycles. The number of hydrogen-bond donors (Lipinski definition) is 0. The van der Waals surface area contributed by atoms with Crippen molar-refractivity contribution >= 4 is 79.4 Å². The number of rotatable bonds is 4. The molecule has 3 rings (SSSR count). The summed E-state index contributed by atoms with van der Waals surface area (Å²) in [5.74, 6) is -0.0777. The van der Waals surface area contributed by atoms with Crippen LogP contribution in [0.15, 0.2) is 56.7 Å². The molecule has 134 valence electrons. The molecule has 2 aromatic carbocycles. The van der Waals surface area contributed by atoms with Crippen LogP contribution in [0.5, 0.6) is 0 Å². The fourth-order valence-electron chi connectivity index (χ4n) is 2.57. The Kier molecular flexibility index (Phi) is 6.12. The van der Waals surface area contributed by atoms with Gasteiger partial charge in [-0.1, -0.05) is 36.1 Å². The minimum Gasteiger partial charge on any atom is -0.377 e. The molecule has 3 nitrogen and oxygen atoms in total. The summed E-state index contributed by atoms with van der Waals surface area (Å²) < 4.78 is 1.54. The van der Waals surface area contributed by atoms with E-state index in [0.717, 1.165) is 26.3 Å². The topological polar surface area (TPSA) is 23.6 Å². The first-order valence-electron chi connectivity index (χ1n) is 7.79. The van der Waals surface area contributed by atoms with Gasteiger partial charge in [0.15, 0.2) is 4.32 Å². The number of nitrogens with zero attached hydrogens (tertiary/aromatic N) is 2. The molecule has 0 aliphatic carbocycles. The van der Waals surface area contributed by atoms with Crippen LogP contribution in [0.4, 0.5) is 11.4 Å². The number of hydrogen-bond acceptors (Lipinski definition) is 5. The molecule has 2 aromatic rings. The number of carbonyl (C=O) groups excluding carboxylic acids is 1. The summed E-state index contributed by atoms with van der Waals surface area (Å²) in [5.41, 5.74) is 2.86. The normalized spacial score (nSPS) is 15.8. The van der Waals surface area contributed by atoms with Crippen LogP contribution in [0.1, 0.15) is 5.56 Å². The molecule has 1 fully saturated rings. The lowest BCUT2D eigenvalue weighted by Crippen LogP contribution is -2.27. The Hall–Kier alpha value is -1.28. The molecular weight excluding hydrogens is 448 g/mol. The maximum absolute atomic E-state index is 12.9. The summed E-state index contributed by atoms with van der Waals surface area (Å²) in [6.45, 7) is 0. The number of thioether (sulfide) groups is 2. The number of anilines is 2. The van der Waals surface area contributed by atoms with E-state index in [9.17, 15) is 4.79 Å². The summed E-state index contributed by atoms with van der Waals surface area (Å²) in [7, 11) is 3.99. The average Bonchev–Trinajstić information content (AvgIpc) is 2.88. The van der Waals surface area contributed by atoms with Crippen molar-refractivity contribution < 1.29 is 4.79 Å². The van der Waals surface area contributed by atoms with E-state index in [1.165, 1.54) is 11.8 Å². The summed E-state index contributed by atoms with van der Waals surface area (Å²) in [4.78, 5) is 18.3. The van der Waals surface area contributed by atoms with Gasteiger partial charge >= 0.3 is 0 Å². The number of thiocarbonyl (C=S) groups is 1. The highest BCUT2D eigenvalue weighted by Gasteiger charge is 2.33. The Morgan fingerprint density at radius 2 is 2.00 bits per heavy atom. The van der Waals surface area contributed by atoms with Crippen molar-refractivity contribution in [1.82, 2.24) is 0 Å². The Morgan fingerprint density at radius 1 is 1.23 bits per heavy atom. The van der Waals surface area contributed by atoms with Crippen molar-refractivity contribution in [3.63, 3.8) is 0 Å². The molecule has 0 saturated carbocycles. The highest BCUT2D eigenvalue weighted by molar-refractivity contribution is 9.10. The first kappa shape index (κ1) is 19.5. The van der Waals surface area contributed by atoms with Gasteiger partial charge in [0.25, 0.3) is 5.91 Å². The van der Waals surface area contributed by atoms with E-state index in [-0.39, 0.29) is 5.91 Å². The van der Waals surface area contributed by atoms with Crippen LogP contribution in [-0.2, 0) is 4.79 Å². The maximum Gasteiger partial charge on any atom is 0.270 e. The summed E-state index contributed by atoms with van der Waals surface area (Å²) in [5, 5.41) is 0. The predicted octanol–water partition coefficient (Wildman–Crippen LogP) is 5.64. The molecule has 0 radical (unpaired) electrons. The van der Waals surface area contributed by atoms with Gasteiger partial charge in [-0.25, -0.2) is 0 Å². The first-order valence-corrected chi connectivity index (χ1v) is 11.0. The van der Waals surface area contributed by atoms with Crippen molar-refractivity contribution in [3.05, 3.63) is 57.4 Å². The van der Waals surface area contributed by atoms with E-state index in [2.05, 4.69) is 15.9 Å². The van der Waals surface area contributed by atoms with Gasteiger partial charge in [0.05, 0.1) is 16.3 Å². The van der Waals surface area contributed by atoms with E-state index in [0.29, 0.717) is 9.23 Å². The third kappa shape index (κ3) is 4.01. The summed E-state index contributed by atoms with van der Waals surface area (Å²) in [6.07, 6.45) is 3.90. The first-order chi connectivity index (χ1) is 12.4. The third-order valence-electron chi connectivity index (χ3n) is 3.86. The molecule has 7 heteroatoms. The van der Waals surface area contributed by atoms with Crippen LogP contribution in [0.3, 0.4) is 0 Å². The molecule has 1 amide bonds. The quantitative estimate of drug-likeness (QED) is 0.330. The smallest absolute Gasteiger partial charge is 0.270 e. The lowest BCUT2D eigenvalue weighted by molar-refractivity contribution is -0.113. The third-order valence-corrected chi connectivity index (χ3v) is 6.52. The Morgan fingerprint density at radius 3 is 2.65 bits per heavy atom. The number of carbonyl (C=O) groups is 1. The SMILES string of the molecule is CSc1cccc(N2C(=O)/C(=C/c3ccc(N(C)C)c(Br)c3)SC2=S)c1. The van der Waals surface area contributed by atoms with Gasteiger partial charge in [-0.3, -0.25) is 9.69 Å². The minimum absolute atomic E-state index is 0.0777. The molecule has 0 N–H and O–H groups in total. The number of amides is 1. The summed E-state index contributed by atoms with van der Waals surface area (Å²) in [6, 6.07) is 13.9. The molecule has 1 aliphatic heterocycles. The number of halogens is 1. The van der Waals surface area contributed by atoms with Crippen LogP contribution in [0.25, 0.3) is 6.08 Å². The van der Waals surface area contributed by atoms with E-state index in [1.54, 1.807) is 16.7 Å². The molecular formula is C19H17BrN2OS3. The standard InChI is InChI=1S/C19H17BrN2OS3/c1-21(2)16-8-7-12(9-15(16)20)10-17-18(23)22(19(24)26-17)13-5-4-6-14(11-13)25-3/h4-11H,1-3H3/b17-10-. The van der Waals surface area contributed by atoms with Crippen LogP contribution in [0, 0.1) is 0 Å². The highest BCUT2D eigenvalue weighted by Crippen LogP contribution is 2.37. The van der Waals surface area contributed by atoms with Crippen LogP contribution in [-0.4, -0.2) is 30.6 Å². The second-order valence-corrected chi connectivity index (χ2v) is 9.23. The van der Waals surface area contributed by atoms with Gasteiger partial charge in [-0.15, -0.1) is 11.8 Å². The monoisotopic (exact) mass is 464 g/mol. The molecule has 0 bridgehead atoms. The average molecular weight is 465 g/mol. The maximum atomic E-state index is 12.9. The van der Waals surface area contributed by atoms with Crippen molar-refractivity contribution in [3.8, 4) is 0 Å². The van der Waals surface area contributed by atoms with E-state index in [1.807, 2.05) is 73.8 Å². The lowest BCUT2D eigenvalue weighted by Gasteiger charge is -2.15. The molecule has 1 aliphatic rings. The second-order valence-electron chi connectivity index (χ2n) is 5.82. The minimum atomic E-state index is -0.0777.